The van der Waals surface area contributed by atoms with Crippen molar-refractivity contribution in [2.45, 2.75) is 20.3 Å². The normalized spacial score (nSPS) is 11.3. The van der Waals surface area contributed by atoms with Crippen LogP contribution in [0.5, 0.6) is 0 Å². The molecule has 0 aromatic heterocycles. The van der Waals surface area contributed by atoms with E-state index in [1.807, 2.05) is 19.1 Å². The van der Waals surface area contributed by atoms with Gasteiger partial charge in [-0.2, -0.15) is 0 Å². The summed E-state index contributed by atoms with van der Waals surface area (Å²) >= 11 is 5.70. The molecule has 0 aliphatic carbocycles. The van der Waals surface area contributed by atoms with E-state index in [-0.39, 0.29) is 10.7 Å². The topological polar surface area (TPSA) is 66.5 Å². The molecule has 0 heterocycles. The number of para-hydroxylation sites is 1. The van der Waals surface area contributed by atoms with Crippen molar-refractivity contribution in [1.29, 1.82) is 0 Å². The average molecular weight is 399 g/mol. The van der Waals surface area contributed by atoms with Crippen molar-refractivity contribution in [2.75, 3.05) is 22.4 Å². The van der Waals surface area contributed by atoms with Crippen LogP contribution in [0.1, 0.15) is 18.1 Å². The van der Waals surface area contributed by atoms with E-state index in [2.05, 4.69) is 5.32 Å². The Balaban J connectivity index is 2.32. The van der Waals surface area contributed by atoms with Crippen molar-refractivity contribution >= 4 is 38.9 Å². The lowest BCUT2D eigenvalue weighted by molar-refractivity contribution is -0.114. The molecule has 1 amide bonds. The van der Waals surface area contributed by atoms with Gasteiger partial charge in [0.25, 0.3) is 0 Å². The van der Waals surface area contributed by atoms with Crippen molar-refractivity contribution < 1.29 is 17.6 Å². The first-order chi connectivity index (χ1) is 12.1. The van der Waals surface area contributed by atoms with Gasteiger partial charge in [-0.25, -0.2) is 12.8 Å². The fourth-order valence-corrected chi connectivity index (χ4v) is 3.75. The third kappa shape index (κ3) is 4.74. The Labute approximate surface area is 157 Å². The molecule has 8 heteroatoms. The van der Waals surface area contributed by atoms with Crippen molar-refractivity contribution in [1.82, 2.24) is 0 Å². The zero-order valence-corrected chi connectivity index (χ0v) is 16.3. The lowest BCUT2D eigenvalue weighted by atomic mass is 10.1. The zero-order valence-electron chi connectivity index (χ0n) is 14.7. The van der Waals surface area contributed by atoms with Gasteiger partial charge in [0.15, 0.2) is 0 Å². The van der Waals surface area contributed by atoms with Crippen LogP contribution in [-0.2, 0) is 21.2 Å². The third-order valence-corrected chi connectivity index (χ3v) is 5.24. The molecule has 0 spiro atoms. The number of carbonyl (C=O) groups is 1. The fourth-order valence-electron chi connectivity index (χ4n) is 2.63. The molecule has 2 aromatic rings. The van der Waals surface area contributed by atoms with Crippen molar-refractivity contribution in [3.8, 4) is 0 Å². The molecular formula is C18H20ClFN2O3S. The van der Waals surface area contributed by atoms with E-state index in [1.165, 1.54) is 12.1 Å². The molecule has 26 heavy (non-hydrogen) atoms. The molecule has 0 radical (unpaired) electrons. The minimum atomic E-state index is -3.69. The number of nitrogens with one attached hydrogen (secondary N) is 1. The van der Waals surface area contributed by atoms with Crippen LogP contribution >= 0.6 is 11.6 Å². The van der Waals surface area contributed by atoms with Gasteiger partial charge in [0.1, 0.15) is 12.4 Å². The number of halogens is 2. The van der Waals surface area contributed by atoms with E-state index in [0.29, 0.717) is 12.1 Å². The highest BCUT2D eigenvalue weighted by atomic mass is 35.5. The molecule has 0 bridgehead atoms. The largest absolute Gasteiger partial charge is 0.324 e. The second-order valence-electron chi connectivity index (χ2n) is 5.88. The van der Waals surface area contributed by atoms with E-state index in [0.717, 1.165) is 27.8 Å². The number of sulfonamides is 1. The molecule has 0 atom stereocenters. The van der Waals surface area contributed by atoms with E-state index < -0.39 is 28.3 Å². The molecule has 2 rings (SSSR count). The van der Waals surface area contributed by atoms with E-state index in [9.17, 15) is 17.6 Å². The van der Waals surface area contributed by atoms with Gasteiger partial charge in [-0.15, -0.1) is 0 Å². The Hall–Kier alpha value is -2.12. The minimum absolute atomic E-state index is 0.130. The monoisotopic (exact) mass is 398 g/mol. The Bertz CT molecular complexity index is 932. The number of aryl methyl sites for hydroxylation is 2. The van der Waals surface area contributed by atoms with Crippen LogP contribution in [0.15, 0.2) is 36.4 Å². The van der Waals surface area contributed by atoms with E-state index in [4.69, 9.17) is 11.6 Å². The van der Waals surface area contributed by atoms with Gasteiger partial charge in [0.2, 0.25) is 15.9 Å². The summed E-state index contributed by atoms with van der Waals surface area (Å²) in [6.07, 6.45) is 1.68. The number of amides is 1. The Morgan fingerprint density at radius 1 is 1.27 bits per heavy atom. The highest BCUT2D eigenvalue weighted by Crippen LogP contribution is 2.28. The van der Waals surface area contributed by atoms with Gasteiger partial charge in [-0.05, 0) is 42.7 Å². The fraction of sp³-hybridized carbons (Fsp3) is 0.278. The number of hydrogen-bond donors (Lipinski definition) is 1. The summed E-state index contributed by atoms with van der Waals surface area (Å²) in [5.74, 6) is -1.15. The summed E-state index contributed by atoms with van der Waals surface area (Å²) in [4.78, 5) is 12.4. The second-order valence-corrected chi connectivity index (χ2v) is 8.20. The van der Waals surface area contributed by atoms with Crippen LogP contribution in [0.3, 0.4) is 0 Å². The van der Waals surface area contributed by atoms with Crippen LogP contribution in [0.2, 0.25) is 5.02 Å². The van der Waals surface area contributed by atoms with Crippen LogP contribution in [0.4, 0.5) is 15.8 Å². The summed E-state index contributed by atoms with van der Waals surface area (Å²) in [7, 11) is -3.69. The number of benzene rings is 2. The predicted molar refractivity (Wildman–Crippen MR) is 103 cm³/mol. The Morgan fingerprint density at radius 2 is 1.96 bits per heavy atom. The van der Waals surface area contributed by atoms with Crippen molar-refractivity contribution in [3.63, 3.8) is 0 Å². The first-order valence-corrected chi connectivity index (χ1v) is 10.2. The van der Waals surface area contributed by atoms with Gasteiger partial charge in [0.05, 0.1) is 17.0 Å². The quantitative estimate of drug-likeness (QED) is 0.805. The maximum absolute atomic E-state index is 13.2. The van der Waals surface area contributed by atoms with Gasteiger partial charge in [0, 0.05) is 5.69 Å². The van der Waals surface area contributed by atoms with Gasteiger partial charge < -0.3 is 5.32 Å². The predicted octanol–water partition coefficient (Wildman–Crippen LogP) is 3.75. The third-order valence-electron chi connectivity index (χ3n) is 3.84. The van der Waals surface area contributed by atoms with Gasteiger partial charge >= 0.3 is 0 Å². The highest BCUT2D eigenvalue weighted by Gasteiger charge is 2.24. The molecule has 0 saturated carbocycles. The van der Waals surface area contributed by atoms with Crippen molar-refractivity contribution in [2.24, 2.45) is 0 Å². The number of hydrogen-bond acceptors (Lipinski definition) is 3. The molecular weight excluding hydrogens is 379 g/mol. The van der Waals surface area contributed by atoms with Crippen LogP contribution < -0.4 is 9.62 Å². The summed E-state index contributed by atoms with van der Waals surface area (Å²) in [5.41, 5.74) is 2.38. The lowest BCUT2D eigenvalue weighted by Crippen LogP contribution is -2.38. The van der Waals surface area contributed by atoms with Crippen LogP contribution in [-0.4, -0.2) is 27.1 Å². The first-order valence-electron chi connectivity index (χ1n) is 7.94. The molecule has 5 nitrogen and oxygen atoms in total. The number of anilines is 2. The zero-order chi connectivity index (χ0) is 19.5. The average Bonchev–Trinajstić information content (AvgIpc) is 2.55. The van der Waals surface area contributed by atoms with Crippen molar-refractivity contribution in [3.05, 3.63) is 58.4 Å². The molecule has 0 fully saturated rings. The SMILES string of the molecule is CCc1cccc(C)c1N(CC(=O)Nc1ccc(F)c(Cl)c1)S(C)(=O)=O. The van der Waals surface area contributed by atoms with Crippen LogP contribution in [0.25, 0.3) is 0 Å². The van der Waals surface area contributed by atoms with Gasteiger partial charge in [-0.3, -0.25) is 9.10 Å². The molecule has 140 valence electrons. The molecule has 2 aromatic carbocycles. The Kier molecular flexibility index (Phi) is 6.26. The summed E-state index contributed by atoms with van der Waals surface area (Å²) in [6.45, 7) is 3.31. The van der Waals surface area contributed by atoms with E-state index >= 15 is 0 Å². The first kappa shape index (κ1) is 20.2. The summed E-state index contributed by atoms with van der Waals surface area (Å²) in [5, 5.41) is 2.41. The summed E-state index contributed by atoms with van der Waals surface area (Å²) < 4.78 is 38.9. The molecule has 1 N–H and O–H groups in total. The Morgan fingerprint density at radius 3 is 2.54 bits per heavy atom. The second kappa shape index (κ2) is 8.05. The van der Waals surface area contributed by atoms with Gasteiger partial charge in [-0.1, -0.05) is 36.7 Å². The maximum atomic E-state index is 13.2. The molecule has 0 aliphatic rings. The smallest absolute Gasteiger partial charge is 0.245 e. The maximum Gasteiger partial charge on any atom is 0.245 e. The van der Waals surface area contributed by atoms with Crippen LogP contribution in [0, 0.1) is 12.7 Å². The van der Waals surface area contributed by atoms with E-state index in [1.54, 1.807) is 13.0 Å². The molecule has 0 unspecified atom stereocenters. The molecule has 0 saturated heterocycles. The summed E-state index contributed by atoms with van der Waals surface area (Å²) in [6, 6.07) is 9.23. The molecule has 0 aliphatic heterocycles. The number of rotatable bonds is 6. The standard InChI is InChI=1S/C18H20ClFN2O3S/c1-4-13-7-5-6-12(2)18(13)22(26(3,24)25)11-17(23)21-14-8-9-16(20)15(19)10-14/h5-10H,4,11H2,1-3H3,(H,21,23). The lowest BCUT2D eigenvalue weighted by Gasteiger charge is -2.26. The number of nitrogens with zero attached hydrogens (tertiary/aromatic N) is 1. The minimum Gasteiger partial charge on any atom is -0.324 e. The highest BCUT2D eigenvalue weighted by molar-refractivity contribution is 7.92. The number of carbonyl (C=O) groups excluding carboxylic acids is 1.